The molecule has 1 saturated heterocycles. The van der Waals surface area contributed by atoms with Crippen molar-refractivity contribution in [3.63, 3.8) is 0 Å². The number of ether oxygens (including phenoxy) is 1. The number of guanidine groups is 1. The highest BCUT2D eigenvalue weighted by Gasteiger charge is 2.29. The van der Waals surface area contributed by atoms with Crippen LogP contribution < -0.4 is 11.1 Å². The Hall–Kier alpha value is -1.55. The van der Waals surface area contributed by atoms with Gasteiger partial charge in [-0.3, -0.25) is 0 Å². The van der Waals surface area contributed by atoms with Crippen molar-refractivity contribution >= 4 is 5.96 Å². The van der Waals surface area contributed by atoms with Crippen LogP contribution >= 0.6 is 0 Å². The van der Waals surface area contributed by atoms with Gasteiger partial charge in [-0.25, -0.2) is 4.99 Å². The maximum absolute atomic E-state index is 5.84. The van der Waals surface area contributed by atoms with Gasteiger partial charge in [0.25, 0.3) is 0 Å². The molecule has 0 saturated carbocycles. The standard InChI is InChI=1S/C14H21N3O/c1-14(8-5-9-18-14)11-17-13(15)16-10-12-6-3-2-4-7-12/h2-4,6-7H,5,8-11H2,1H3,(H3,15,16,17). The number of hydrogen-bond donors (Lipinski definition) is 2. The molecule has 1 atom stereocenters. The van der Waals surface area contributed by atoms with Gasteiger partial charge >= 0.3 is 0 Å². The lowest BCUT2D eigenvalue weighted by Gasteiger charge is -2.23. The van der Waals surface area contributed by atoms with Crippen LogP contribution in [0.1, 0.15) is 25.3 Å². The normalized spacial score (nSPS) is 24.2. The third kappa shape index (κ3) is 3.74. The van der Waals surface area contributed by atoms with E-state index in [1.54, 1.807) is 0 Å². The summed E-state index contributed by atoms with van der Waals surface area (Å²) in [6.07, 6.45) is 2.20. The van der Waals surface area contributed by atoms with Gasteiger partial charge in [-0.1, -0.05) is 30.3 Å². The highest BCUT2D eigenvalue weighted by molar-refractivity contribution is 5.77. The molecule has 0 radical (unpaired) electrons. The van der Waals surface area contributed by atoms with Crippen molar-refractivity contribution in [2.75, 3.05) is 13.2 Å². The van der Waals surface area contributed by atoms with E-state index in [1.807, 2.05) is 30.3 Å². The molecule has 1 aromatic carbocycles. The molecule has 1 unspecified atom stereocenters. The maximum atomic E-state index is 5.84. The fourth-order valence-corrected chi connectivity index (χ4v) is 2.07. The summed E-state index contributed by atoms with van der Waals surface area (Å²) in [5, 5.41) is 3.14. The van der Waals surface area contributed by atoms with Crippen LogP contribution in [-0.2, 0) is 11.3 Å². The first-order valence-electron chi connectivity index (χ1n) is 6.40. The number of benzene rings is 1. The predicted molar refractivity (Wildman–Crippen MR) is 73.4 cm³/mol. The van der Waals surface area contributed by atoms with Crippen LogP contribution in [-0.4, -0.2) is 24.7 Å². The van der Waals surface area contributed by atoms with Crippen molar-refractivity contribution in [2.45, 2.75) is 31.9 Å². The Bertz CT molecular complexity index is 397. The number of nitrogens with two attached hydrogens (primary N) is 1. The van der Waals surface area contributed by atoms with Crippen LogP contribution in [0, 0.1) is 0 Å². The lowest BCUT2D eigenvalue weighted by Crippen LogP contribution is -2.43. The first-order chi connectivity index (χ1) is 8.68. The average molecular weight is 247 g/mol. The van der Waals surface area contributed by atoms with E-state index in [4.69, 9.17) is 10.5 Å². The zero-order valence-corrected chi connectivity index (χ0v) is 10.9. The Morgan fingerprint density at radius 3 is 2.89 bits per heavy atom. The second-order valence-electron chi connectivity index (χ2n) is 4.94. The van der Waals surface area contributed by atoms with Gasteiger partial charge in [-0.05, 0) is 25.3 Å². The highest BCUT2D eigenvalue weighted by atomic mass is 16.5. The minimum Gasteiger partial charge on any atom is -0.373 e. The molecule has 1 fully saturated rings. The summed E-state index contributed by atoms with van der Waals surface area (Å²) in [5.74, 6) is 0.482. The summed E-state index contributed by atoms with van der Waals surface area (Å²) in [6, 6.07) is 10.1. The first kappa shape index (κ1) is 12.9. The molecular formula is C14H21N3O. The lowest BCUT2D eigenvalue weighted by atomic mass is 10.0. The lowest BCUT2D eigenvalue weighted by molar-refractivity contribution is 0.0244. The fraction of sp³-hybridized carbons (Fsp3) is 0.500. The summed E-state index contributed by atoms with van der Waals surface area (Å²) in [7, 11) is 0. The van der Waals surface area contributed by atoms with Crippen molar-refractivity contribution < 1.29 is 4.74 Å². The van der Waals surface area contributed by atoms with E-state index in [2.05, 4.69) is 17.2 Å². The molecule has 0 aromatic heterocycles. The summed E-state index contributed by atoms with van der Waals surface area (Å²) < 4.78 is 5.68. The largest absolute Gasteiger partial charge is 0.373 e. The highest BCUT2D eigenvalue weighted by Crippen LogP contribution is 2.23. The molecule has 1 heterocycles. The van der Waals surface area contributed by atoms with E-state index in [-0.39, 0.29) is 5.60 Å². The number of nitrogens with one attached hydrogen (secondary N) is 1. The minimum atomic E-state index is -0.0904. The Morgan fingerprint density at radius 2 is 2.22 bits per heavy atom. The number of aliphatic imine (C=N–C) groups is 1. The van der Waals surface area contributed by atoms with Crippen molar-refractivity contribution in [3.05, 3.63) is 35.9 Å². The van der Waals surface area contributed by atoms with Gasteiger partial charge < -0.3 is 15.8 Å². The van der Waals surface area contributed by atoms with Gasteiger partial charge in [-0.2, -0.15) is 0 Å². The number of nitrogens with zero attached hydrogens (tertiary/aromatic N) is 1. The van der Waals surface area contributed by atoms with Gasteiger partial charge in [0.15, 0.2) is 5.96 Å². The van der Waals surface area contributed by atoms with Crippen molar-refractivity contribution in [1.29, 1.82) is 0 Å². The number of hydrogen-bond acceptors (Lipinski definition) is 2. The molecule has 4 heteroatoms. The van der Waals surface area contributed by atoms with Crippen LogP contribution in [0.5, 0.6) is 0 Å². The third-order valence-corrected chi connectivity index (χ3v) is 3.22. The molecule has 3 N–H and O–H groups in total. The van der Waals surface area contributed by atoms with Gasteiger partial charge in [-0.15, -0.1) is 0 Å². The Kier molecular flexibility index (Phi) is 4.20. The van der Waals surface area contributed by atoms with Crippen LogP contribution in [0.4, 0.5) is 0 Å². The quantitative estimate of drug-likeness (QED) is 0.628. The summed E-state index contributed by atoms with van der Waals surface area (Å²) >= 11 is 0. The number of rotatable bonds is 4. The molecule has 1 aliphatic heterocycles. The molecule has 4 nitrogen and oxygen atoms in total. The molecule has 0 amide bonds. The van der Waals surface area contributed by atoms with Crippen LogP contribution in [0.2, 0.25) is 0 Å². The van der Waals surface area contributed by atoms with Crippen LogP contribution in [0.3, 0.4) is 0 Å². The Balaban J connectivity index is 1.79. The molecule has 0 bridgehead atoms. The molecule has 18 heavy (non-hydrogen) atoms. The monoisotopic (exact) mass is 247 g/mol. The minimum absolute atomic E-state index is 0.0904. The van der Waals surface area contributed by atoms with E-state index in [9.17, 15) is 0 Å². The van der Waals surface area contributed by atoms with Gasteiger partial charge in [0.2, 0.25) is 0 Å². The van der Waals surface area contributed by atoms with Gasteiger partial charge in [0.05, 0.1) is 12.1 Å². The predicted octanol–water partition coefficient (Wildman–Crippen LogP) is 1.66. The zero-order chi connectivity index (χ0) is 12.8. The smallest absolute Gasteiger partial charge is 0.189 e. The molecule has 1 aliphatic rings. The Morgan fingerprint density at radius 1 is 1.44 bits per heavy atom. The topological polar surface area (TPSA) is 59.6 Å². The van der Waals surface area contributed by atoms with Crippen molar-refractivity contribution in [3.8, 4) is 0 Å². The summed E-state index contributed by atoms with van der Waals surface area (Å²) in [4.78, 5) is 4.31. The molecule has 2 rings (SSSR count). The Labute approximate surface area is 108 Å². The average Bonchev–Trinajstić information content (AvgIpc) is 2.83. The second kappa shape index (κ2) is 5.87. The van der Waals surface area contributed by atoms with E-state index in [0.717, 1.165) is 31.6 Å². The van der Waals surface area contributed by atoms with Gasteiger partial charge in [0, 0.05) is 13.2 Å². The zero-order valence-electron chi connectivity index (χ0n) is 10.9. The molecule has 98 valence electrons. The van der Waals surface area contributed by atoms with E-state index in [1.165, 1.54) is 0 Å². The summed E-state index contributed by atoms with van der Waals surface area (Å²) in [6.45, 7) is 4.28. The molecule has 0 aliphatic carbocycles. The third-order valence-electron chi connectivity index (χ3n) is 3.22. The van der Waals surface area contributed by atoms with Crippen molar-refractivity contribution in [1.82, 2.24) is 5.32 Å². The SMILES string of the molecule is CC1(CNC(N)=NCc2ccccc2)CCCO1. The molecule has 1 aromatic rings. The second-order valence-corrected chi connectivity index (χ2v) is 4.94. The van der Waals surface area contributed by atoms with Crippen LogP contribution in [0.15, 0.2) is 35.3 Å². The summed E-state index contributed by atoms with van der Waals surface area (Å²) in [5.41, 5.74) is 6.91. The van der Waals surface area contributed by atoms with Crippen LogP contribution in [0.25, 0.3) is 0 Å². The van der Waals surface area contributed by atoms with Gasteiger partial charge in [0.1, 0.15) is 0 Å². The van der Waals surface area contributed by atoms with Crippen molar-refractivity contribution in [2.24, 2.45) is 10.7 Å². The van der Waals surface area contributed by atoms with E-state index in [0.29, 0.717) is 12.5 Å². The molecule has 0 spiro atoms. The maximum Gasteiger partial charge on any atom is 0.189 e. The fourth-order valence-electron chi connectivity index (χ4n) is 2.07. The first-order valence-corrected chi connectivity index (χ1v) is 6.40. The van der Waals surface area contributed by atoms with E-state index < -0.39 is 0 Å². The molecular weight excluding hydrogens is 226 g/mol. The van der Waals surface area contributed by atoms with E-state index >= 15 is 0 Å².